The van der Waals surface area contributed by atoms with Gasteiger partial charge in [-0.05, 0) is 18.2 Å². The van der Waals surface area contributed by atoms with Gasteiger partial charge in [0, 0.05) is 25.4 Å². The first-order valence-corrected chi connectivity index (χ1v) is 6.16. The molecule has 1 heterocycles. The zero-order valence-electron chi connectivity index (χ0n) is 10.9. The summed E-state index contributed by atoms with van der Waals surface area (Å²) in [7, 11) is 0. The summed E-state index contributed by atoms with van der Waals surface area (Å²) in [6.07, 6.45) is 3.92. The van der Waals surface area contributed by atoms with Crippen LogP contribution in [0.4, 0.5) is 10.1 Å². The molecule has 7 nitrogen and oxygen atoms in total. The van der Waals surface area contributed by atoms with Gasteiger partial charge in [-0.2, -0.15) is 5.10 Å². The smallest absolute Gasteiger partial charge is 0.345 e. The first-order valence-electron chi connectivity index (χ1n) is 6.16. The van der Waals surface area contributed by atoms with Crippen LogP contribution in [0.15, 0.2) is 36.7 Å². The summed E-state index contributed by atoms with van der Waals surface area (Å²) in [5, 5.41) is 14.8. The first kappa shape index (κ1) is 14.6. The Morgan fingerprint density at radius 3 is 2.95 bits per heavy atom. The molecule has 0 bridgehead atoms. The summed E-state index contributed by atoms with van der Waals surface area (Å²) in [4.78, 5) is 21.7. The highest BCUT2D eigenvalue weighted by Gasteiger charge is 2.22. The lowest BCUT2D eigenvalue weighted by atomic mass is 10.2. The highest BCUT2D eigenvalue weighted by molar-refractivity contribution is 5.93. The molecule has 110 valence electrons. The molecule has 0 saturated carbocycles. The van der Waals surface area contributed by atoms with E-state index in [1.807, 2.05) is 0 Å². The third-order valence-electron chi connectivity index (χ3n) is 2.70. The molecule has 0 atom stereocenters. The summed E-state index contributed by atoms with van der Waals surface area (Å²) < 4.78 is 19.6. The van der Waals surface area contributed by atoms with E-state index in [4.69, 9.17) is 4.74 Å². The zero-order valence-corrected chi connectivity index (χ0v) is 10.9. The highest BCUT2D eigenvalue weighted by Crippen LogP contribution is 2.20. The molecule has 1 aromatic carbocycles. The third-order valence-corrected chi connectivity index (χ3v) is 2.70. The third kappa shape index (κ3) is 3.85. The van der Waals surface area contributed by atoms with E-state index in [-0.39, 0.29) is 12.2 Å². The molecule has 0 N–H and O–H groups in total. The van der Waals surface area contributed by atoms with Crippen LogP contribution in [0.25, 0.3) is 0 Å². The maximum atomic E-state index is 13.0. The number of nitro benzene ring substituents is 1. The van der Waals surface area contributed by atoms with E-state index in [9.17, 15) is 19.3 Å². The molecule has 0 amide bonds. The summed E-state index contributed by atoms with van der Waals surface area (Å²) >= 11 is 0. The predicted molar refractivity (Wildman–Crippen MR) is 70.2 cm³/mol. The number of ether oxygens (including phenoxy) is 1. The second kappa shape index (κ2) is 6.60. The van der Waals surface area contributed by atoms with Crippen molar-refractivity contribution in [1.82, 2.24) is 9.78 Å². The minimum atomic E-state index is -0.845. The van der Waals surface area contributed by atoms with Gasteiger partial charge in [0.2, 0.25) is 0 Å². The fraction of sp³-hybridized carbons (Fsp3) is 0.231. The average Bonchev–Trinajstić information content (AvgIpc) is 2.96. The van der Waals surface area contributed by atoms with E-state index < -0.39 is 22.4 Å². The molecule has 0 spiro atoms. The Hall–Kier alpha value is -2.77. The largest absolute Gasteiger partial charge is 0.462 e. The second-order valence-electron chi connectivity index (χ2n) is 4.18. The van der Waals surface area contributed by atoms with Crippen molar-refractivity contribution < 1.29 is 18.8 Å². The van der Waals surface area contributed by atoms with Gasteiger partial charge in [0.05, 0.1) is 17.6 Å². The molecule has 0 saturated heterocycles. The van der Waals surface area contributed by atoms with Gasteiger partial charge in [0.15, 0.2) is 0 Å². The number of nitrogens with zero attached hydrogens (tertiary/aromatic N) is 3. The van der Waals surface area contributed by atoms with Crippen LogP contribution in [-0.2, 0) is 11.3 Å². The van der Waals surface area contributed by atoms with Crippen LogP contribution in [0, 0.1) is 15.9 Å². The maximum Gasteiger partial charge on any atom is 0.345 e. The number of rotatable bonds is 6. The fourth-order valence-electron chi connectivity index (χ4n) is 1.73. The Bertz CT molecular complexity index is 643. The van der Waals surface area contributed by atoms with Crippen molar-refractivity contribution >= 4 is 11.7 Å². The second-order valence-corrected chi connectivity index (χ2v) is 4.18. The molecule has 8 heteroatoms. The van der Waals surface area contributed by atoms with Crippen LogP contribution in [0.1, 0.15) is 16.8 Å². The number of carbonyl (C=O) groups is 1. The topological polar surface area (TPSA) is 87.3 Å². The van der Waals surface area contributed by atoms with Gasteiger partial charge in [0.1, 0.15) is 11.4 Å². The van der Waals surface area contributed by atoms with Gasteiger partial charge < -0.3 is 4.74 Å². The molecular formula is C13H12FN3O4. The molecule has 0 unspecified atom stereocenters. The van der Waals surface area contributed by atoms with Gasteiger partial charge in [-0.15, -0.1) is 0 Å². The van der Waals surface area contributed by atoms with Crippen molar-refractivity contribution in [1.29, 1.82) is 0 Å². The number of benzene rings is 1. The van der Waals surface area contributed by atoms with E-state index in [1.165, 1.54) is 0 Å². The van der Waals surface area contributed by atoms with Crippen molar-refractivity contribution in [3.05, 3.63) is 58.2 Å². The Balaban J connectivity index is 1.92. The van der Waals surface area contributed by atoms with Gasteiger partial charge >= 0.3 is 5.97 Å². The summed E-state index contributed by atoms with van der Waals surface area (Å²) in [6, 6.07) is 4.49. The van der Waals surface area contributed by atoms with Crippen LogP contribution < -0.4 is 0 Å². The van der Waals surface area contributed by atoms with Crippen LogP contribution in [0.2, 0.25) is 0 Å². The molecule has 0 aliphatic carbocycles. The average molecular weight is 293 g/mol. The van der Waals surface area contributed by atoms with Crippen LogP contribution >= 0.6 is 0 Å². The van der Waals surface area contributed by atoms with Gasteiger partial charge in [-0.25, -0.2) is 9.18 Å². The summed E-state index contributed by atoms with van der Waals surface area (Å²) in [5.41, 5.74) is -0.868. The number of esters is 1. The van der Waals surface area contributed by atoms with Crippen LogP contribution in [0.3, 0.4) is 0 Å². The van der Waals surface area contributed by atoms with E-state index in [2.05, 4.69) is 5.10 Å². The number of hydrogen-bond donors (Lipinski definition) is 0. The van der Waals surface area contributed by atoms with Crippen molar-refractivity contribution in [2.75, 3.05) is 6.61 Å². The number of halogens is 1. The van der Waals surface area contributed by atoms with Crippen molar-refractivity contribution in [2.45, 2.75) is 13.0 Å². The Kier molecular flexibility index (Phi) is 4.60. The lowest BCUT2D eigenvalue weighted by Gasteiger charge is -2.05. The lowest BCUT2D eigenvalue weighted by Crippen LogP contribution is -2.11. The Labute approximate surface area is 119 Å². The molecule has 2 aromatic rings. The maximum absolute atomic E-state index is 13.0. The Morgan fingerprint density at radius 2 is 2.29 bits per heavy atom. The molecule has 0 aliphatic heterocycles. The number of carbonyl (C=O) groups excluding carboxylic acids is 1. The number of aromatic nitrogens is 2. The first-order chi connectivity index (χ1) is 10.1. The molecule has 0 radical (unpaired) electrons. The van der Waals surface area contributed by atoms with Crippen molar-refractivity contribution in [3.63, 3.8) is 0 Å². The zero-order chi connectivity index (χ0) is 15.2. The molecule has 1 aromatic heterocycles. The van der Waals surface area contributed by atoms with Gasteiger partial charge in [-0.1, -0.05) is 0 Å². The van der Waals surface area contributed by atoms with Crippen molar-refractivity contribution in [2.24, 2.45) is 0 Å². The lowest BCUT2D eigenvalue weighted by molar-refractivity contribution is -0.385. The van der Waals surface area contributed by atoms with Crippen LogP contribution in [0.5, 0.6) is 0 Å². The standard InChI is InChI=1S/C13H12FN3O4/c14-10-3-4-11(12(9-10)17(19)20)13(18)21-8-2-7-16-6-1-5-15-16/h1,3-6,9H,2,7-8H2. The number of hydrogen-bond acceptors (Lipinski definition) is 5. The summed E-state index contributed by atoms with van der Waals surface area (Å²) in [6.45, 7) is 0.652. The molecule has 21 heavy (non-hydrogen) atoms. The molecular weight excluding hydrogens is 281 g/mol. The van der Waals surface area contributed by atoms with E-state index in [1.54, 1.807) is 23.1 Å². The Morgan fingerprint density at radius 1 is 1.48 bits per heavy atom. The summed E-state index contributed by atoms with van der Waals surface area (Å²) in [5.74, 6) is -1.63. The van der Waals surface area contributed by atoms with E-state index in [0.29, 0.717) is 19.0 Å². The minimum absolute atomic E-state index is 0.0905. The molecule has 2 rings (SSSR count). The number of nitro groups is 1. The fourth-order valence-corrected chi connectivity index (χ4v) is 1.73. The SMILES string of the molecule is O=C(OCCCn1cccn1)c1ccc(F)cc1[N+](=O)[O-]. The van der Waals surface area contributed by atoms with Gasteiger partial charge in [0.25, 0.3) is 5.69 Å². The van der Waals surface area contributed by atoms with Gasteiger partial charge in [-0.3, -0.25) is 14.8 Å². The molecule has 0 fully saturated rings. The monoisotopic (exact) mass is 293 g/mol. The molecule has 0 aliphatic rings. The highest BCUT2D eigenvalue weighted by atomic mass is 19.1. The van der Waals surface area contributed by atoms with Crippen LogP contribution in [-0.4, -0.2) is 27.3 Å². The van der Waals surface area contributed by atoms with E-state index in [0.717, 1.165) is 12.1 Å². The quantitative estimate of drug-likeness (QED) is 0.352. The normalized spacial score (nSPS) is 10.3. The number of aryl methyl sites for hydroxylation is 1. The van der Waals surface area contributed by atoms with Crippen molar-refractivity contribution in [3.8, 4) is 0 Å². The van der Waals surface area contributed by atoms with E-state index >= 15 is 0 Å². The minimum Gasteiger partial charge on any atom is -0.462 e. The predicted octanol–water partition coefficient (Wildman–Crippen LogP) is 2.18.